The first-order valence-corrected chi connectivity index (χ1v) is 11.9. The average molecular weight is 426 g/mol. The minimum Gasteiger partial charge on any atom is -0.379 e. The lowest BCUT2D eigenvalue weighted by Crippen LogP contribution is -2.47. The molecule has 2 aromatic rings. The van der Waals surface area contributed by atoms with Crippen molar-refractivity contribution < 1.29 is 9.53 Å². The van der Waals surface area contributed by atoms with Gasteiger partial charge in [0.2, 0.25) is 0 Å². The summed E-state index contributed by atoms with van der Waals surface area (Å²) in [6, 6.07) is 8.32. The first-order chi connectivity index (χ1) is 15.3. The van der Waals surface area contributed by atoms with Crippen LogP contribution in [-0.4, -0.2) is 92.2 Å². The molecule has 1 saturated carbocycles. The molecule has 7 heteroatoms. The SMILES string of the molecule is O=C(NCCCN1CCOCC1)c1ccc2ccc(N3CCN(CC4CC4)CC3)n2c1. The first-order valence-electron chi connectivity index (χ1n) is 11.9. The molecule has 31 heavy (non-hydrogen) atoms. The van der Waals surface area contributed by atoms with Gasteiger partial charge in [0.1, 0.15) is 5.82 Å². The molecule has 0 atom stereocenters. The standard InChI is InChI=1S/C24H35N5O2/c30-24(25-8-1-9-26-14-16-31-17-15-26)21-4-5-22-6-7-23(29(22)19-21)28-12-10-27(11-13-28)18-20-2-3-20/h4-7,19-20H,1-3,8-18H2,(H,25,30). The van der Waals surface area contributed by atoms with Gasteiger partial charge in [-0.15, -0.1) is 0 Å². The van der Waals surface area contributed by atoms with Crippen LogP contribution >= 0.6 is 0 Å². The fraction of sp³-hybridized carbons (Fsp3) is 0.625. The summed E-state index contributed by atoms with van der Waals surface area (Å²) in [5, 5.41) is 3.09. The molecule has 2 aromatic heterocycles. The molecule has 7 nitrogen and oxygen atoms in total. The van der Waals surface area contributed by atoms with E-state index < -0.39 is 0 Å². The molecular weight excluding hydrogens is 390 g/mol. The number of rotatable bonds is 8. The Morgan fingerprint density at radius 1 is 0.968 bits per heavy atom. The van der Waals surface area contributed by atoms with Crippen molar-refractivity contribution in [3.05, 3.63) is 36.0 Å². The quantitative estimate of drug-likeness (QED) is 0.655. The number of piperazine rings is 1. The number of ether oxygens (including phenoxy) is 1. The Morgan fingerprint density at radius 3 is 2.52 bits per heavy atom. The maximum absolute atomic E-state index is 12.7. The largest absolute Gasteiger partial charge is 0.379 e. The second-order valence-corrected chi connectivity index (χ2v) is 9.20. The van der Waals surface area contributed by atoms with Crippen molar-refractivity contribution in [1.82, 2.24) is 19.5 Å². The third-order valence-corrected chi connectivity index (χ3v) is 6.84. The molecule has 0 spiro atoms. The van der Waals surface area contributed by atoms with Gasteiger partial charge in [0, 0.05) is 64.1 Å². The molecule has 0 unspecified atom stereocenters. The molecular formula is C24H35N5O2. The Morgan fingerprint density at radius 2 is 1.74 bits per heavy atom. The Hall–Kier alpha value is -2.09. The van der Waals surface area contributed by atoms with Crippen LogP contribution in [0.3, 0.4) is 0 Å². The number of nitrogens with one attached hydrogen (secondary N) is 1. The van der Waals surface area contributed by atoms with E-state index in [9.17, 15) is 4.79 Å². The zero-order valence-corrected chi connectivity index (χ0v) is 18.5. The van der Waals surface area contributed by atoms with Gasteiger partial charge in [0.25, 0.3) is 5.91 Å². The van der Waals surface area contributed by atoms with Crippen molar-refractivity contribution in [3.63, 3.8) is 0 Å². The summed E-state index contributed by atoms with van der Waals surface area (Å²) in [5.41, 5.74) is 1.86. The van der Waals surface area contributed by atoms with Crippen molar-refractivity contribution in [2.75, 3.05) is 77.0 Å². The second-order valence-electron chi connectivity index (χ2n) is 9.20. The van der Waals surface area contributed by atoms with Crippen LogP contribution < -0.4 is 10.2 Å². The number of hydrogen-bond acceptors (Lipinski definition) is 5. The van der Waals surface area contributed by atoms with E-state index in [4.69, 9.17) is 4.74 Å². The van der Waals surface area contributed by atoms with Gasteiger partial charge in [-0.3, -0.25) is 14.6 Å². The summed E-state index contributed by atoms with van der Waals surface area (Å²) in [5.74, 6) is 2.16. The topological polar surface area (TPSA) is 52.5 Å². The van der Waals surface area contributed by atoms with E-state index in [1.165, 1.54) is 25.2 Å². The van der Waals surface area contributed by atoms with Crippen LogP contribution in [0.2, 0.25) is 0 Å². The predicted molar refractivity (Wildman–Crippen MR) is 123 cm³/mol. The summed E-state index contributed by atoms with van der Waals surface area (Å²) in [6.07, 6.45) is 5.80. The van der Waals surface area contributed by atoms with E-state index >= 15 is 0 Å². The number of anilines is 1. The van der Waals surface area contributed by atoms with E-state index in [2.05, 4.69) is 42.6 Å². The molecule has 0 radical (unpaired) electrons. The summed E-state index contributed by atoms with van der Waals surface area (Å²) in [6.45, 7) is 11.0. The van der Waals surface area contributed by atoms with E-state index in [1.54, 1.807) is 0 Å². The van der Waals surface area contributed by atoms with Crippen LogP contribution in [0.15, 0.2) is 30.5 Å². The van der Waals surface area contributed by atoms with E-state index in [-0.39, 0.29) is 5.91 Å². The van der Waals surface area contributed by atoms with Gasteiger partial charge < -0.3 is 19.4 Å². The van der Waals surface area contributed by atoms with Crippen molar-refractivity contribution >= 4 is 17.2 Å². The highest BCUT2D eigenvalue weighted by molar-refractivity contribution is 5.94. The molecule has 5 rings (SSSR count). The van der Waals surface area contributed by atoms with Crippen LogP contribution in [0.25, 0.3) is 5.52 Å². The zero-order valence-electron chi connectivity index (χ0n) is 18.5. The maximum atomic E-state index is 12.7. The number of carbonyl (C=O) groups is 1. The third-order valence-electron chi connectivity index (χ3n) is 6.84. The van der Waals surface area contributed by atoms with Gasteiger partial charge in [-0.05, 0) is 56.0 Å². The normalized spacial score (nSPS) is 21.0. The van der Waals surface area contributed by atoms with Gasteiger partial charge in [0.15, 0.2) is 0 Å². The number of amides is 1. The number of pyridine rings is 1. The monoisotopic (exact) mass is 425 g/mol. The van der Waals surface area contributed by atoms with Crippen molar-refractivity contribution in [2.24, 2.45) is 5.92 Å². The van der Waals surface area contributed by atoms with Gasteiger partial charge in [-0.25, -0.2) is 0 Å². The van der Waals surface area contributed by atoms with Crippen LogP contribution in [0, 0.1) is 5.92 Å². The molecule has 1 amide bonds. The Bertz CT molecular complexity index is 879. The average Bonchev–Trinajstić information content (AvgIpc) is 3.53. The maximum Gasteiger partial charge on any atom is 0.252 e. The minimum atomic E-state index is 0.0118. The van der Waals surface area contributed by atoms with Gasteiger partial charge in [0.05, 0.1) is 18.8 Å². The third kappa shape index (κ3) is 5.22. The summed E-state index contributed by atoms with van der Waals surface area (Å²) >= 11 is 0. The summed E-state index contributed by atoms with van der Waals surface area (Å²) in [7, 11) is 0. The van der Waals surface area contributed by atoms with Crippen LogP contribution in [0.1, 0.15) is 29.6 Å². The number of morpholine rings is 1. The Kier molecular flexibility index (Phi) is 6.43. The van der Waals surface area contributed by atoms with Gasteiger partial charge in [-0.2, -0.15) is 0 Å². The molecule has 0 aromatic carbocycles. The lowest BCUT2D eigenvalue weighted by atomic mass is 10.2. The summed E-state index contributed by atoms with van der Waals surface area (Å²) in [4.78, 5) is 20.2. The highest BCUT2D eigenvalue weighted by Gasteiger charge is 2.27. The first kappa shape index (κ1) is 20.8. The van der Waals surface area contributed by atoms with Gasteiger partial charge >= 0.3 is 0 Å². The highest BCUT2D eigenvalue weighted by atomic mass is 16.5. The molecule has 168 valence electrons. The highest BCUT2D eigenvalue weighted by Crippen LogP contribution is 2.30. The Labute approximate surface area is 184 Å². The lowest BCUT2D eigenvalue weighted by molar-refractivity contribution is 0.0374. The molecule has 0 bridgehead atoms. The molecule has 1 aliphatic carbocycles. The second kappa shape index (κ2) is 9.59. The lowest BCUT2D eigenvalue weighted by Gasteiger charge is -2.35. The smallest absolute Gasteiger partial charge is 0.252 e. The van der Waals surface area contributed by atoms with Crippen LogP contribution in [0.5, 0.6) is 0 Å². The van der Waals surface area contributed by atoms with Crippen molar-refractivity contribution in [1.29, 1.82) is 0 Å². The molecule has 4 heterocycles. The zero-order chi connectivity index (χ0) is 21.0. The van der Waals surface area contributed by atoms with E-state index in [1.807, 2.05) is 12.3 Å². The predicted octanol–water partition coefficient (Wildman–Crippen LogP) is 1.92. The molecule has 2 aliphatic heterocycles. The minimum absolute atomic E-state index is 0.0118. The van der Waals surface area contributed by atoms with Crippen molar-refractivity contribution in [3.8, 4) is 0 Å². The number of hydrogen-bond donors (Lipinski definition) is 1. The Balaban J connectivity index is 1.16. The van der Waals surface area contributed by atoms with Gasteiger partial charge in [-0.1, -0.05) is 0 Å². The van der Waals surface area contributed by atoms with Crippen molar-refractivity contribution in [2.45, 2.75) is 19.3 Å². The molecule has 1 N–H and O–H groups in total. The molecule has 3 fully saturated rings. The van der Waals surface area contributed by atoms with Crippen LogP contribution in [0.4, 0.5) is 5.82 Å². The number of carbonyl (C=O) groups excluding carboxylic acids is 1. The van der Waals surface area contributed by atoms with E-state index in [0.717, 1.165) is 82.4 Å². The molecule has 2 saturated heterocycles. The van der Waals surface area contributed by atoms with E-state index in [0.29, 0.717) is 6.54 Å². The summed E-state index contributed by atoms with van der Waals surface area (Å²) < 4.78 is 7.57. The fourth-order valence-corrected chi connectivity index (χ4v) is 4.74. The number of nitrogens with zero attached hydrogens (tertiary/aromatic N) is 4. The number of fused-ring (bicyclic) bond motifs is 1. The molecule has 3 aliphatic rings. The van der Waals surface area contributed by atoms with Crippen LogP contribution in [-0.2, 0) is 4.74 Å². The fourth-order valence-electron chi connectivity index (χ4n) is 4.74. The number of aromatic nitrogens is 1.